The van der Waals surface area contributed by atoms with E-state index < -0.39 is 0 Å². The van der Waals surface area contributed by atoms with Gasteiger partial charge in [-0.2, -0.15) is 9.78 Å². The van der Waals surface area contributed by atoms with Gasteiger partial charge in [-0.05, 0) is 68.0 Å². The van der Waals surface area contributed by atoms with E-state index in [0.29, 0.717) is 0 Å². The standard InChI is InChI=1S/C21H24FN5S/c1-16-4-3-5-20(14-16)27-17(2)23-26(21(27)28)15-24-10-12-25(13-11-24)19-8-6-18(22)7-9-19/h3-9,14H,10-13,15H2,1-2H3/p+1. The van der Waals surface area contributed by atoms with E-state index in [2.05, 4.69) is 30.0 Å². The van der Waals surface area contributed by atoms with Crippen LogP contribution in [0.2, 0.25) is 0 Å². The van der Waals surface area contributed by atoms with Gasteiger partial charge in [0.25, 0.3) is 0 Å². The summed E-state index contributed by atoms with van der Waals surface area (Å²) < 4.78 is 17.8. The molecular formula is C21H25FN5S+. The van der Waals surface area contributed by atoms with Crippen LogP contribution in [0, 0.1) is 24.4 Å². The third-order valence-corrected chi connectivity index (χ3v) is 5.69. The summed E-state index contributed by atoms with van der Waals surface area (Å²) in [5, 5.41) is 4.70. The molecule has 0 amide bonds. The van der Waals surface area contributed by atoms with Crippen LogP contribution in [0.25, 0.3) is 5.69 Å². The number of quaternary nitrogens is 1. The molecule has 7 heteroatoms. The first-order valence-electron chi connectivity index (χ1n) is 9.59. The van der Waals surface area contributed by atoms with E-state index in [1.54, 1.807) is 0 Å². The highest BCUT2D eigenvalue weighted by molar-refractivity contribution is 7.71. The van der Waals surface area contributed by atoms with Crippen molar-refractivity contribution in [1.82, 2.24) is 14.3 Å². The van der Waals surface area contributed by atoms with E-state index in [1.165, 1.54) is 22.6 Å². The van der Waals surface area contributed by atoms with Gasteiger partial charge in [0.2, 0.25) is 4.77 Å². The summed E-state index contributed by atoms with van der Waals surface area (Å²) in [5.74, 6) is 0.710. The molecule has 1 fully saturated rings. The van der Waals surface area contributed by atoms with Crippen molar-refractivity contribution >= 4 is 17.9 Å². The van der Waals surface area contributed by atoms with Crippen LogP contribution in [-0.4, -0.2) is 40.5 Å². The molecule has 0 unspecified atom stereocenters. The van der Waals surface area contributed by atoms with Crippen molar-refractivity contribution in [1.29, 1.82) is 0 Å². The molecule has 0 radical (unpaired) electrons. The van der Waals surface area contributed by atoms with Crippen molar-refractivity contribution < 1.29 is 9.29 Å². The molecule has 4 rings (SSSR count). The second kappa shape index (κ2) is 7.85. The number of benzene rings is 2. The maximum absolute atomic E-state index is 13.1. The van der Waals surface area contributed by atoms with Gasteiger partial charge in [-0.1, -0.05) is 12.1 Å². The van der Waals surface area contributed by atoms with E-state index >= 15 is 0 Å². The van der Waals surface area contributed by atoms with Crippen molar-refractivity contribution in [2.45, 2.75) is 20.5 Å². The predicted octanol–water partition coefficient (Wildman–Crippen LogP) is 2.52. The Kier molecular flexibility index (Phi) is 5.28. The summed E-state index contributed by atoms with van der Waals surface area (Å²) in [6.45, 7) is 8.70. The van der Waals surface area contributed by atoms with Crippen LogP contribution in [0.1, 0.15) is 11.4 Å². The Balaban J connectivity index is 1.45. The Morgan fingerprint density at radius 1 is 1.04 bits per heavy atom. The fourth-order valence-electron chi connectivity index (χ4n) is 3.79. The summed E-state index contributed by atoms with van der Waals surface area (Å²) >= 11 is 5.72. The van der Waals surface area contributed by atoms with E-state index in [9.17, 15) is 4.39 Å². The molecule has 1 N–H and O–H groups in total. The van der Waals surface area contributed by atoms with Crippen molar-refractivity contribution in [3.05, 3.63) is 70.5 Å². The highest BCUT2D eigenvalue weighted by Crippen LogP contribution is 2.15. The Morgan fingerprint density at radius 3 is 2.43 bits per heavy atom. The molecule has 0 atom stereocenters. The summed E-state index contributed by atoms with van der Waals surface area (Å²) in [5.41, 5.74) is 3.34. The van der Waals surface area contributed by atoms with Crippen LogP contribution >= 0.6 is 12.2 Å². The molecule has 0 bridgehead atoms. The number of nitrogens with one attached hydrogen (secondary N) is 1. The second-order valence-corrected chi connectivity index (χ2v) is 7.74. The smallest absolute Gasteiger partial charge is 0.207 e. The largest absolute Gasteiger partial charge is 0.360 e. The SMILES string of the molecule is Cc1cccc(-n2c(C)nn(C[NH+]3CCN(c4ccc(F)cc4)CC3)c2=S)c1. The third-order valence-electron chi connectivity index (χ3n) is 5.30. The Bertz CT molecular complexity index is 1020. The lowest BCUT2D eigenvalue weighted by molar-refractivity contribution is -0.924. The molecule has 5 nitrogen and oxygen atoms in total. The van der Waals surface area contributed by atoms with Gasteiger partial charge in [0.1, 0.15) is 11.6 Å². The fourth-order valence-corrected chi connectivity index (χ4v) is 4.13. The second-order valence-electron chi connectivity index (χ2n) is 7.38. The van der Waals surface area contributed by atoms with Gasteiger partial charge >= 0.3 is 0 Å². The van der Waals surface area contributed by atoms with E-state index in [1.807, 2.05) is 34.4 Å². The minimum absolute atomic E-state index is 0.193. The predicted molar refractivity (Wildman–Crippen MR) is 111 cm³/mol. The highest BCUT2D eigenvalue weighted by Gasteiger charge is 2.22. The number of hydrogen-bond acceptors (Lipinski definition) is 3. The van der Waals surface area contributed by atoms with Gasteiger partial charge in [-0.3, -0.25) is 4.57 Å². The number of anilines is 1. The number of aromatic nitrogens is 3. The maximum atomic E-state index is 13.1. The molecule has 1 aromatic heterocycles. The first kappa shape index (κ1) is 18.8. The number of piperazine rings is 1. The van der Waals surface area contributed by atoms with Gasteiger partial charge in [-0.25, -0.2) is 4.39 Å². The quantitative estimate of drug-likeness (QED) is 0.685. The monoisotopic (exact) mass is 398 g/mol. The third kappa shape index (κ3) is 3.86. The molecule has 1 aliphatic rings. The Morgan fingerprint density at radius 2 is 1.75 bits per heavy atom. The number of nitrogens with zero attached hydrogens (tertiary/aromatic N) is 4. The number of halogens is 1. The Hall–Kier alpha value is -2.51. The highest BCUT2D eigenvalue weighted by atomic mass is 32.1. The average molecular weight is 399 g/mol. The molecule has 2 heterocycles. The van der Waals surface area contributed by atoms with E-state index in [4.69, 9.17) is 17.3 Å². The van der Waals surface area contributed by atoms with Crippen molar-refractivity contribution in [3.8, 4) is 5.69 Å². The minimum Gasteiger partial charge on any atom is -0.360 e. The molecule has 28 heavy (non-hydrogen) atoms. The zero-order valence-electron chi connectivity index (χ0n) is 16.2. The van der Waals surface area contributed by atoms with Crippen molar-refractivity contribution in [3.63, 3.8) is 0 Å². The van der Waals surface area contributed by atoms with Gasteiger partial charge < -0.3 is 9.80 Å². The average Bonchev–Trinajstić information content (AvgIpc) is 2.96. The number of hydrogen-bond donors (Lipinski definition) is 1. The minimum atomic E-state index is -0.193. The van der Waals surface area contributed by atoms with Crippen LogP contribution in [0.5, 0.6) is 0 Å². The van der Waals surface area contributed by atoms with Crippen LogP contribution in [-0.2, 0) is 6.67 Å². The molecular weight excluding hydrogens is 373 g/mol. The zero-order valence-corrected chi connectivity index (χ0v) is 17.0. The molecule has 1 saturated heterocycles. The van der Waals surface area contributed by atoms with Crippen molar-refractivity contribution in [2.24, 2.45) is 0 Å². The van der Waals surface area contributed by atoms with Crippen LogP contribution in [0.3, 0.4) is 0 Å². The van der Waals surface area contributed by atoms with Gasteiger partial charge in [-0.15, -0.1) is 0 Å². The molecule has 0 aliphatic carbocycles. The lowest BCUT2D eigenvalue weighted by atomic mass is 10.2. The van der Waals surface area contributed by atoms with Crippen molar-refractivity contribution in [2.75, 3.05) is 31.1 Å². The summed E-state index contributed by atoms with van der Waals surface area (Å²) in [6, 6.07) is 15.1. The van der Waals surface area contributed by atoms with Crippen LogP contribution < -0.4 is 9.80 Å². The molecule has 3 aromatic rings. The lowest BCUT2D eigenvalue weighted by Gasteiger charge is -2.33. The normalized spacial score (nSPS) is 15.2. The number of rotatable bonds is 4. The first-order valence-corrected chi connectivity index (χ1v) is 10.00. The molecule has 146 valence electrons. The topological polar surface area (TPSA) is 30.4 Å². The van der Waals surface area contributed by atoms with Crippen LogP contribution in [0.4, 0.5) is 10.1 Å². The molecule has 1 aliphatic heterocycles. The fraction of sp³-hybridized carbons (Fsp3) is 0.333. The first-order chi connectivity index (χ1) is 13.5. The summed E-state index contributed by atoms with van der Waals surface area (Å²) in [6.07, 6.45) is 0. The molecule has 0 spiro atoms. The number of aryl methyl sites for hydroxylation is 2. The summed E-state index contributed by atoms with van der Waals surface area (Å²) in [4.78, 5) is 3.75. The Labute approximate surface area is 169 Å². The molecule has 2 aromatic carbocycles. The lowest BCUT2D eigenvalue weighted by Crippen LogP contribution is -3.14. The molecule has 0 saturated carbocycles. The van der Waals surface area contributed by atoms with Gasteiger partial charge in [0.05, 0.1) is 26.2 Å². The van der Waals surface area contributed by atoms with E-state index in [-0.39, 0.29) is 5.82 Å². The van der Waals surface area contributed by atoms with E-state index in [0.717, 1.165) is 54.8 Å². The zero-order chi connectivity index (χ0) is 19.7. The van der Waals surface area contributed by atoms with Gasteiger partial charge in [0, 0.05) is 11.4 Å². The van der Waals surface area contributed by atoms with Crippen LogP contribution in [0.15, 0.2) is 48.5 Å². The maximum Gasteiger partial charge on any atom is 0.207 e. The summed E-state index contributed by atoms with van der Waals surface area (Å²) in [7, 11) is 0. The van der Waals surface area contributed by atoms with Gasteiger partial charge in [0.15, 0.2) is 6.67 Å².